The maximum Gasteiger partial charge on any atom is 0.163 e. The van der Waals surface area contributed by atoms with Crippen LogP contribution in [0.4, 0.5) is 0 Å². The minimum Gasteiger partial charge on any atom is -0.491 e. The van der Waals surface area contributed by atoms with Gasteiger partial charge in [0.25, 0.3) is 0 Å². The molecule has 0 aliphatic carbocycles. The summed E-state index contributed by atoms with van der Waals surface area (Å²) in [6.45, 7) is 9.07. The van der Waals surface area contributed by atoms with Crippen LogP contribution in [0.5, 0.6) is 5.75 Å². The molecule has 0 aromatic heterocycles. The van der Waals surface area contributed by atoms with Gasteiger partial charge in [0.15, 0.2) is 5.79 Å². The minimum atomic E-state index is -0.526. The summed E-state index contributed by atoms with van der Waals surface area (Å²) in [5, 5.41) is 9.36. The summed E-state index contributed by atoms with van der Waals surface area (Å²) in [6.07, 6.45) is -0.0449. The van der Waals surface area contributed by atoms with E-state index in [9.17, 15) is 5.11 Å². The molecule has 1 fully saturated rings. The number of ether oxygens (including phenoxy) is 3. The van der Waals surface area contributed by atoms with E-state index >= 15 is 0 Å². The van der Waals surface area contributed by atoms with E-state index in [1.165, 1.54) is 5.56 Å². The number of hydrogen-bond acceptors (Lipinski definition) is 4. The highest BCUT2D eigenvalue weighted by Gasteiger charge is 2.33. The fraction of sp³-hybridized carbons (Fsp3) is 0.429. The minimum absolute atomic E-state index is 0.0449. The van der Waals surface area contributed by atoms with E-state index in [0.29, 0.717) is 13.2 Å². The maximum atomic E-state index is 9.36. The van der Waals surface area contributed by atoms with Crippen molar-refractivity contribution < 1.29 is 19.3 Å². The number of benzene rings is 2. The average molecular weight is 342 g/mol. The molecule has 0 bridgehead atoms. The molecule has 0 spiro atoms. The molecule has 0 saturated carbocycles. The third-order valence-electron chi connectivity index (χ3n) is 4.41. The topological polar surface area (TPSA) is 47.9 Å². The Bertz CT molecular complexity index is 728. The van der Waals surface area contributed by atoms with E-state index in [0.717, 1.165) is 28.0 Å². The second-order valence-corrected chi connectivity index (χ2v) is 7.05. The molecule has 0 unspecified atom stereocenters. The Balaban J connectivity index is 1.76. The molecule has 2 aromatic carbocycles. The van der Waals surface area contributed by atoms with Crippen LogP contribution >= 0.6 is 0 Å². The molecule has 134 valence electrons. The SMILES string of the molecule is Cc1cc(OC[C@H]2COC(C)(C)O2)cc(C)c1-c1cccc(CO)c1. The molecular formula is C21H26O4. The lowest BCUT2D eigenvalue weighted by Gasteiger charge is -2.18. The van der Waals surface area contributed by atoms with E-state index < -0.39 is 5.79 Å². The first kappa shape index (κ1) is 17.9. The van der Waals surface area contributed by atoms with Gasteiger partial charge in [-0.05, 0) is 73.7 Å². The zero-order chi connectivity index (χ0) is 18.0. The van der Waals surface area contributed by atoms with E-state index in [4.69, 9.17) is 14.2 Å². The molecule has 4 heteroatoms. The Morgan fingerprint density at radius 2 is 1.88 bits per heavy atom. The molecule has 25 heavy (non-hydrogen) atoms. The van der Waals surface area contributed by atoms with Crippen LogP contribution in [0, 0.1) is 13.8 Å². The second kappa shape index (κ2) is 7.16. The molecule has 0 amide bonds. The fourth-order valence-electron chi connectivity index (χ4n) is 3.32. The van der Waals surface area contributed by atoms with Crippen molar-refractivity contribution in [1.29, 1.82) is 0 Å². The number of aliphatic hydroxyl groups is 1. The quantitative estimate of drug-likeness (QED) is 0.892. The van der Waals surface area contributed by atoms with Gasteiger partial charge in [-0.2, -0.15) is 0 Å². The first-order chi connectivity index (χ1) is 11.9. The van der Waals surface area contributed by atoms with E-state index in [1.54, 1.807) is 0 Å². The van der Waals surface area contributed by atoms with Crippen molar-refractivity contribution in [2.75, 3.05) is 13.2 Å². The predicted molar refractivity (Wildman–Crippen MR) is 97.7 cm³/mol. The van der Waals surface area contributed by atoms with Crippen LogP contribution in [-0.2, 0) is 16.1 Å². The third-order valence-corrected chi connectivity index (χ3v) is 4.41. The molecule has 1 atom stereocenters. The highest BCUT2D eigenvalue weighted by atomic mass is 16.7. The largest absolute Gasteiger partial charge is 0.491 e. The Morgan fingerprint density at radius 3 is 2.48 bits per heavy atom. The predicted octanol–water partition coefficient (Wildman–Crippen LogP) is 3.99. The molecule has 1 N–H and O–H groups in total. The van der Waals surface area contributed by atoms with E-state index in [-0.39, 0.29) is 12.7 Å². The van der Waals surface area contributed by atoms with Crippen LogP contribution in [0.25, 0.3) is 11.1 Å². The molecular weight excluding hydrogens is 316 g/mol. The Kier molecular flexibility index (Phi) is 5.13. The van der Waals surface area contributed by atoms with Gasteiger partial charge in [-0.3, -0.25) is 0 Å². The van der Waals surface area contributed by atoms with Crippen LogP contribution in [0.2, 0.25) is 0 Å². The molecule has 1 aliphatic heterocycles. The van der Waals surface area contributed by atoms with Crippen LogP contribution in [0.15, 0.2) is 36.4 Å². The zero-order valence-electron chi connectivity index (χ0n) is 15.3. The van der Waals surface area contributed by atoms with Crippen LogP contribution < -0.4 is 4.74 Å². The monoisotopic (exact) mass is 342 g/mol. The van der Waals surface area contributed by atoms with E-state index in [1.807, 2.05) is 32.0 Å². The third kappa shape index (κ3) is 4.21. The lowest BCUT2D eigenvalue weighted by molar-refractivity contribution is -0.141. The number of aliphatic hydroxyl groups excluding tert-OH is 1. The van der Waals surface area contributed by atoms with Gasteiger partial charge in [-0.15, -0.1) is 0 Å². The summed E-state index contributed by atoms with van der Waals surface area (Å²) in [6, 6.07) is 12.1. The van der Waals surface area contributed by atoms with Crippen molar-refractivity contribution in [2.24, 2.45) is 0 Å². The second-order valence-electron chi connectivity index (χ2n) is 7.05. The van der Waals surface area contributed by atoms with Crippen molar-refractivity contribution in [3.05, 3.63) is 53.1 Å². The molecule has 1 saturated heterocycles. The van der Waals surface area contributed by atoms with Crippen molar-refractivity contribution in [3.8, 4) is 16.9 Å². The van der Waals surface area contributed by atoms with Crippen molar-refractivity contribution in [1.82, 2.24) is 0 Å². The van der Waals surface area contributed by atoms with Gasteiger partial charge < -0.3 is 19.3 Å². The highest BCUT2D eigenvalue weighted by Crippen LogP contribution is 2.32. The van der Waals surface area contributed by atoms with E-state index in [2.05, 4.69) is 32.0 Å². The van der Waals surface area contributed by atoms with Gasteiger partial charge in [0, 0.05) is 0 Å². The first-order valence-corrected chi connectivity index (χ1v) is 8.64. The van der Waals surface area contributed by atoms with Gasteiger partial charge in [0.2, 0.25) is 0 Å². The summed E-state index contributed by atoms with van der Waals surface area (Å²) in [5.41, 5.74) is 5.51. The fourth-order valence-corrected chi connectivity index (χ4v) is 3.32. The standard InChI is InChI=1S/C21H26O4/c1-14-8-18(23-12-19-13-24-21(3,4)25-19)9-15(2)20(14)17-7-5-6-16(10-17)11-22/h5-10,19,22H,11-13H2,1-4H3/t19-/m0/s1. The number of rotatable bonds is 5. The van der Waals surface area contributed by atoms with Crippen molar-refractivity contribution >= 4 is 0 Å². The van der Waals surface area contributed by atoms with Crippen LogP contribution in [-0.4, -0.2) is 30.2 Å². The highest BCUT2D eigenvalue weighted by molar-refractivity contribution is 5.72. The van der Waals surface area contributed by atoms with Crippen molar-refractivity contribution in [3.63, 3.8) is 0 Å². The number of hydrogen-bond donors (Lipinski definition) is 1. The van der Waals surface area contributed by atoms with Gasteiger partial charge in [-0.25, -0.2) is 0 Å². The lowest BCUT2D eigenvalue weighted by Crippen LogP contribution is -2.25. The van der Waals surface area contributed by atoms with Crippen molar-refractivity contribution in [2.45, 2.75) is 46.2 Å². The first-order valence-electron chi connectivity index (χ1n) is 8.64. The van der Waals surface area contributed by atoms with Gasteiger partial charge in [-0.1, -0.05) is 18.2 Å². The summed E-state index contributed by atoms with van der Waals surface area (Å²) < 4.78 is 17.3. The summed E-state index contributed by atoms with van der Waals surface area (Å²) in [5.74, 6) is 0.312. The van der Waals surface area contributed by atoms with Crippen LogP contribution in [0.3, 0.4) is 0 Å². The molecule has 1 aliphatic rings. The zero-order valence-corrected chi connectivity index (χ0v) is 15.3. The summed E-state index contributed by atoms with van der Waals surface area (Å²) in [4.78, 5) is 0. The lowest BCUT2D eigenvalue weighted by atomic mass is 9.94. The molecule has 0 radical (unpaired) electrons. The van der Waals surface area contributed by atoms with Crippen LogP contribution in [0.1, 0.15) is 30.5 Å². The smallest absolute Gasteiger partial charge is 0.163 e. The van der Waals surface area contributed by atoms with Gasteiger partial charge in [0.1, 0.15) is 18.5 Å². The molecule has 2 aromatic rings. The number of aryl methyl sites for hydroxylation is 2. The molecule has 3 rings (SSSR count). The van der Waals surface area contributed by atoms with Gasteiger partial charge >= 0.3 is 0 Å². The normalized spacial score (nSPS) is 19.2. The Morgan fingerprint density at radius 1 is 1.16 bits per heavy atom. The summed E-state index contributed by atoms with van der Waals surface area (Å²) in [7, 11) is 0. The maximum absolute atomic E-state index is 9.36. The average Bonchev–Trinajstić information content (AvgIpc) is 2.92. The Hall–Kier alpha value is -1.88. The van der Waals surface area contributed by atoms with Gasteiger partial charge in [0.05, 0.1) is 13.2 Å². The molecule has 1 heterocycles. The molecule has 4 nitrogen and oxygen atoms in total. The Labute approximate surface area is 149 Å². The summed E-state index contributed by atoms with van der Waals surface area (Å²) >= 11 is 0.